The van der Waals surface area contributed by atoms with Crippen LogP contribution < -0.4 is 11.1 Å². The van der Waals surface area contributed by atoms with Crippen molar-refractivity contribution in [3.05, 3.63) is 47.8 Å². The lowest BCUT2D eigenvalue weighted by molar-refractivity contribution is 1.34. The summed E-state index contributed by atoms with van der Waals surface area (Å²) in [5.41, 5.74) is 13.1. The van der Waals surface area contributed by atoms with Crippen LogP contribution >= 0.6 is 0 Å². The summed E-state index contributed by atoms with van der Waals surface area (Å²) in [6.07, 6.45) is 1.69. The smallest absolute Gasteiger partial charge is 0.0931 e. The van der Waals surface area contributed by atoms with Gasteiger partial charge in [-0.15, -0.1) is 0 Å². The molecule has 0 saturated heterocycles. The number of fused-ring (bicyclic) bond motifs is 1. The van der Waals surface area contributed by atoms with E-state index in [4.69, 9.17) is 5.73 Å². The van der Waals surface area contributed by atoms with Crippen molar-refractivity contribution in [2.75, 3.05) is 11.1 Å². The first-order chi connectivity index (χ1) is 9.13. The minimum Gasteiger partial charge on any atom is -0.397 e. The van der Waals surface area contributed by atoms with Gasteiger partial charge in [-0.25, -0.2) is 4.98 Å². The number of imidazole rings is 1. The minimum absolute atomic E-state index is 0.757. The lowest BCUT2D eigenvalue weighted by atomic mass is 10.1. The van der Waals surface area contributed by atoms with Crippen molar-refractivity contribution in [1.29, 1.82) is 0 Å². The molecular weight excluding hydrogens is 236 g/mol. The third-order valence-electron chi connectivity index (χ3n) is 3.37. The number of nitrogens with one attached hydrogen (secondary N) is 2. The molecule has 0 radical (unpaired) electrons. The maximum absolute atomic E-state index is 6.05. The molecule has 0 unspecified atom stereocenters. The number of H-pyrrole nitrogens is 1. The Labute approximate surface area is 111 Å². The van der Waals surface area contributed by atoms with Crippen molar-refractivity contribution < 1.29 is 0 Å². The predicted octanol–water partition coefficient (Wildman–Crippen LogP) is 3.51. The summed E-state index contributed by atoms with van der Waals surface area (Å²) in [6, 6.07) is 10.1. The van der Waals surface area contributed by atoms with Gasteiger partial charge in [-0.2, -0.15) is 0 Å². The number of hydrogen-bond acceptors (Lipinski definition) is 3. The zero-order chi connectivity index (χ0) is 13.4. The van der Waals surface area contributed by atoms with E-state index in [1.165, 1.54) is 11.1 Å². The van der Waals surface area contributed by atoms with E-state index in [0.717, 1.165) is 28.1 Å². The zero-order valence-corrected chi connectivity index (χ0v) is 11.0. The van der Waals surface area contributed by atoms with E-state index in [-0.39, 0.29) is 0 Å². The van der Waals surface area contributed by atoms with Gasteiger partial charge in [0, 0.05) is 5.69 Å². The number of nitrogen functional groups attached to an aromatic ring is 1. The SMILES string of the molecule is Cc1cc(N)c(Nc2ccc3nc[nH]c3c2)cc1C. The quantitative estimate of drug-likeness (QED) is 0.611. The van der Waals surface area contributed by atoms with E-state index < -0.39 is 0 Å². The largest absolute Gasteiger partial charge is 0.397 e. The molecule has 0 aliphatic rings. The number of aromatic nitrogens is 2. The first-order valence-corrected chi connectivity index (χ1v) is 6.20. The minimum atomic E-state index is 0.757. The summed E-state index contributed by atoms with van der Waals surface area (Å²) in [5, 5.41) is 3.35. The molecule has 0 saturated carbocycles. The van der Waals surface area contributed by atoms with Crippen molar-refractivity contribution in [2.45, 2.75) is 13.8 Å². The zero-order valence-electron chi connectivity index (χ0n) is 11.0. The van der Waals surface area contributed by atoms with Gasteiger partial charge < -0.3 is 16.0 Å². The number of nitrogens with zero attached hydrogens (tertiary/aromatic N) is 1. The monoisotopic (exact) mass is 252 g/mol. The molecule has 0 amide bonds. The molecule has 0 atom stereocenters. The second-order valence-corrected chi connectivity index (χ2v) is 4.78. The van der Waals surface area contributed by atoms with Crippen LogP contribution in [-0.4, -0.2) is 9.97 Å². The number of anilines is 3. The maximum atomic E-state index is 6.05. The molecule has 0 fully saturated rings. The summed E-state index contributed by atoms with van der Waals surface area (Å²) in [5.74, 6) is 0. The number of hydrogen-bond donors (Lipinski definition) is 3. The fourth-order valence-electron chi connectivity index (χ4n) is 2.12. The number of aryl methyl sites for hydroxylation is 2. The van der Waals surface area contributed by atoms with Crippen molar-refractivity contribution in [2.24, 2.45) is 0 Å². The lowest BCUT2D eigenvalue weighted by Gasteiger charge is -2.12. The van der Waals surface area contributed by atoms with Crippen molar-refractivity contribution in [1.82, 2.24) is 9.97 Å². The van der Waals surface area contributed by atoms with Crippen LogP contribution in [0.25, 0.3) is 11.0 Å². The third-order valence-corrected chi connectivity index (χ3v) is 3.37. The number of rotatable bonds is 2. The van der Waals surface area contributed by atoms with Crippen LogP contribution in [0.5, 0.6) is 0 Å². The van der Waals surface area contributed by atoms with E-state index in [1.54, 1.807) is 6.33 Å². The molecule has 19 heavy (non-hydrogen) atoms. The van der Waals surface area contributed by atoms with E-state index in [0.29, 0.717) is 0 Å². The summed E-state index contributed by atoms with van der Waals surface area (Å²) < 4.78 is 0. The molecule has 3 rings (SSSR count). The van der Waals surface area contributed by atoms with Gasteiger partial charge in [-0.05, 0) is 55.3 Å². The van der Waals surface area contributed by atoms with Crippen LogP contribution in [0, 0.1) is 13.8 Å². The van der Waals surface area contributed by atoms with Crippen LogP contribution in [0.1, 0.15) is 11.1 Å². The van der Waals surface area contributed by atoms with Gasteiger partial charge in [-0.1, -0.05) is 0 Å². The van der Waals surface area contributed by atoms with Gasteiger partial charge in [0.15, 0.2) is 0 Å². The van der Waals surface area contributed by atoms with Gasteiger partial charge in [-0.3, -0.25) is 0 Å². The molecule has 0 bridgehead atoms. The fourth-order valence-corrected chi connectivity index (χ4v) is 2.12. The van der Waals surface area contributed by atoms with E-state index in [9.17, 15) is 0 Å². The summed E-state index contributed by atoms with van der Waals surface area (Å²) >= 11 is 0. The highest BCUT2D eigenvalue weighted by molar-refractivity contribution is 5.82. The average Bonchev–Trinajstić information content (AvgIpc) is 2.83. The van der Waals surface area contributed by atoms with Crippen LogP contribution in [0.2, 0.25) is 0 Å². The number of benzene rings is 2. The number of aromatic amines is 1. The molecule has 3 aromatic rings. The Balaban J connectivity index is 1.98. The Hall–Kier alpha value is -2.49. The van der Waals surface area contributed by atoms with E-state index in [1.807, 2.05) is 24.3 Å². The van der Waals surface area contributed by atoms with Crippen molar-refractivity contribution in [3.8, 4) is 0 Å². The van der Waals surface area contributed by atoms with Gasteiger partial charge >= 0.3 is 0 Å². The Kier molecular flexibility index (Phi) is 2.63. The fraction of sp³-hybridized carbons (Fsp3) is 0.133. The van der Waals surface area contributed by atoms with Crippen LogP contribution in [0.4, 0.5) is 17.1 Å². The van der Waals surface area contributed by atoms with Gasteiger partial charge in [0.2, 0.25) is 0 Å². The van der Waals surface area contributed by atoms with Crippen LogP contribution in [0.3, 0.4) is 0 Å². The highest BCUT2D eigenvalue weighted by Gasteiger charge is 2.04. The van der Waals surface area contributed by atoms with Crippen LogP contribution in [-0.2, 0) is 0 Å². The van der Waals surface area contributed by atoms with Gasteiger partial charge in [0.25, 0.3) is 0 Å². The molecule has 0 aliphatic carbocycles. The second kappa shape index (κ2) is 4.31. The molecule has 4 N–H and O–H groups in total. The van der Waals surface area contributed by atoms with Gasteiger partial charge in [0.05, 0.1) is 28.7 Å². The second-order valence-electron chi connectivity index (χ2n) is 4.78. The maximum Gasteiger partial charge on any atom is 0.0931 e. The Morgan fingerprint density at radius 1 is 1.11 bits per heavy atom. The standard InChI is InChI=1S/C15H16N4/c1-9-5-12(16)14(6-10(9)2)19-11-3-4-13-15(7-11)18-8-17-13/h3-8,19H,16H2,1-2H3,(H,17,18). The Morgan fingerprint density at radius 2 is 1.89 bits per heavy atom. The van der Waals surface area contributed by atoms with Gasteiger partial charge in [0.1, 0.15) is 0 Å². The molecule has 2 aromatic carbocycles. The molecule has 4 heteroatoms. The van der Waals surface area contributed by atoms with E-state index >= 15 is 0 Å². The summed E-state index contributed by atoms with van der Waals surface area (Å²) in [7, 11) is 0. The lowest BCUT2D eigenvalue weighted by Crippen LogP contribution is -1.98. The molecule has 1 heterocycles. The van der Waals surface area contributed by atoms with E-state index in [2.05, 4.69) is 35.2 Å². The molecule has 96 valence electrons. The average molecular weight is 252 g/mol. The topological polar surface area (TPSA) is 66.7 Å². The Morgan fingerprint density at radius 3 is 2.74 bits per heavy atom. The van der Waals surface area contributed by atoms with Crippen LogP contribution in [0.15, 0.2) is 36.7 Å². The first-order valence-electron chi connectivity index (χ1n) is 6.20. The third kappa shape index (κ3) is 2.12. The van der Waals surface area contributed by atoms with Crippen molar-refractivity contribution >= 4 is 28.1 Å². The predicted molar refractivity (Wildman–Crippen MR) is 79.7 cm³/mol. The summed E-state index contributed by atoms with van der Waals surface area (Å²) in [6.45, 7) is 4.14. The first kappa shape index (κ1) is 11.6. The highest BCUT2D eigenvalue weighted by atomic mass is 14.9. The molecule has 4 nitrogen and oxygen atoms in total. The molecular formula is C15H16N4. The number of nitrogens with two attached hydrogens (primary N) is 1. The molecule has 1 aromatic heterocycles. The summed E-state index contributed by atoms with van der Waals surface area (Å²) in [4.78, 5) is 7.30. The molecule has 0 spiro atoms. The van der Waals surface area contributed by atoms with Crippen molar-refractivity contribution in [3.63, 3.8) is 0 Å². The Bertz CT molecular complexity index is 743. The normalized spacial score (nSPS) is 10.8. The highest BCUT2D eigenvalue weighted by Crippen LogP contribution is 2.27. The molecule has 0 aliphatic heterocycles.